The van der Waals surface area contributed by atoms with Crippen LogP contribution in [0.2, 0.25) is 0 Å². The number of benzene rings is 3. The summed E-state index contributed by atoms with van der Waals surface area (Å²) in [4.78, 5) is 25.0. The number of carbonyl (C=O) groups is 2. The molecule has 11 nitrogen and oxygen atoms in total. The number of anilines is 2. The Morgan fingerprint density at radius 3 is 2.23 bits per heavy atom. The fraction of sp³-hybridized carbons (Fsp3) is 0.286. The predicted molar refractivity (Wildman–Crippen MR) is 149 cm³/mol. The molecule has 3 aromatic carbocycles. The monoisotopic (exact) mass is 569 g/mol. The van der Waals surface area contributed by atoms with E-state index < -0.39 is 21.8 Å². The molecule has 0 bridgehead atoms. The summed E-state index contributed by atoms with van der Waals surface area (Å²) in [5.41, 5.74) is 1.06. The molecule has 3 N–H and O–H groups in total. The fourth-order valence-electron chi connectivity index (χ4n) is 3.81. The Morgan fingerprint density at radius 1 is 0.825 bits per heavy atom. The van der Waals surface area contributed by atoms with E-state index >= 15 is 0 Å². The van der Waals surface area contributed by atoms with Gasteiger partial charge in [0.2, 0.25) is 5.91 Å². The Kier molecular flexibility index (Phi) is 9.33. The Morgan fingerprint density at radius 2 is 1.50 bits per heavy atom. The van der Waals surface area contributed by atoms with Crippen molar-refractivity contribution in [3.8, 4) is 23.0 Å². The van der Waals surface area contributed by atoms with Gasteiger partial charge in [-0.3, -0.25) is 14.3 Å². The van der Waals surface area contributed by atoms with Crippen molar-refractivity contribution in [2.75, 3.05) is 43.0 Å². The number of rotatable bonds is 11. The minimum Gasteiger partial charge on any atom is -0.490 e. The second kappa shape index (κ2) is 13.1. The van der Waals surface area contributed by atoms with E-state index in [1.54, 1.807) is 36.4 Å². The molecular weight excluding hydrogens is 538 g/mol. The van der Waals surface area contributed by atoms with Crippen LogP contribution in [0.5, 0.6) is 23.0 Å². The molecule has 0 aliphatic carbocycles. The summed E-state index contributed by atoms with van der Waals surface area (Å²) in [6.45, 7) is 5.22. The van der Waals surface area contributed by atoms with E-state index in [1.807, 2.05) is 13.8 Å². The van der Waals surface area contributed by atoms with Crippen LogP contribution in [0.25, 0.3) is 0 Å². The number of sulfonamides is 1. The van der Waals surface area contributed by atoms with Gasteiger partial charge in [0, 0.05) is 29.4 Å². The first kappa shape index (κ1) is 28.6. The van der Waals surface area contributed by atoms with Crippen molar-refractivity contribution in [3.05, 3.63) is 66.2 Å². The van der Waals surface area contributed by atoms with Gasteiger partial charge in [-0.1, -0.05) is 0 Å². The Labute approximate surface area is 232 Å². The van der Waals surface area contributed by atoms with Crippen molar-refractivity contribution in [1.82, 2.24) is 5.32 Å². The lowest BCUT2D eigenvalue weighted by Crippen LogP contribution is -2.32. The van der Waals surface area contributed by atoms with Crippen LogP contribution in [0, 0.1) is 0 Å². The largest absolute Gasteiger partial charge is 0.490 e. The molecule has 0 saturated heterocycles. The number of ether oxygens (including phenoxy) is 4. The van der Waals surface area contributed by atoms with Gasteiger partial charge in [0.1, 0.15) is 0 Å². The molecule has 1 aliphatic rings. The van der Waals surface area contributed by atoms with Crippen LogP contribution in [0.15, 0.2) is 65.6 Å². The molecule has 0 spiro atoms. The van der Waals surface area contributed by atoms with Crippen LogP contribution in [0.4, 0.5) is 11.4 Å². The molecule has 212 valence electrons. The second-order valence-corrected chi connectivity index (χ2v) is 10.3. The van der Waals surface area contributed by atoms with Crippen molar-refractivity contribution in [1.29, 1.82) is 0 Å². The van der Waals surface area contributed by atoms with E-state index in [9.17, 15) is 18.0 Å². The molecule has 0 saturated carbocycles. The molecule has 1 aliphatic heterocycles. The first-order valence-electron chi connectivity index (χ1n) is 12.8. The number of nitrogens with one attached hydrogen (secondary N) is 3. The van der Waals surface area contributed by atoms with Gasteiger partial charge in [-0.15, -0.1) is 0 Å². The molecular formula is C28H31N3O8S. The molecule has 0 aromatic heterocycles. The highest BCUT2D eigenvalue weighted by atomic mass is 32.2. The molecule has 0 radical (unpaired) electrons. The van der Waals surface area contributed by atoms with Gasteiger partial charge >= 0.3 is 0 Å². The van der Waals surface area contributed by atoms with Crippen LogP contribution in [0.3, 0.4) is 0 Å². The van der Waals surface area contributed by atoms with E-state index in [0.29, 0.717) is 72.8 Å². The van der Waals surface area contributed by atoms with Crippen LogP contribution in [-0.4, -0.2) is 53.2 Å². The summed E-state index contributed by atoms with van der Waals surface area (Å²) in [5, 5.41) is 5.23. The van der Waals surface area contributed by atoms with E-state index in [0.717, 1.165) is 0 Å². The highest BCUT2D eigenvalue weighted by Gasteiger charge is 2.19. The maximum atomic E-state index is 12.9. The summed E-state index contributed by atoms with van der Waals surface area (Å²) in [7, 11) is -3.89. The molecule has 4 rings (SSSR count). The SMILES string of the molecule is CCOc1ccc(C(=O)NCC(=O)Nc2ccc(NS(=O)(=O)c3ccc4c(c3)OCCCO4)cc2)cc1OCC. The number of hydrogen-bond donors (Lipinski definition) is 3. The van der Waals surface area contributed by atoms with Gasteiger partial charge in [0.15, 0.2) is 23.0 Å². The van der Waals surface area contributed by atoms with Crippen molar-refractivity contribution >= 4 is 33.2 Å². The Hall–Kier alpha value is -4.45. The van der Waals surface area contributed by atoms with Gasteiger partial charge < -0.3 is 29.6 Å². The number of carbonyl (C=O) groups excluding carboxylic acids is 2. The number of amides is 2. The second-order valence-electron chi connectivity index (χ2n) is 8.60. The number of hydrogen-bond acceptors (Lipinski definition) is 8. The first-order valence-corrected chi connectivity index (χ1v) is 14.3. The molecule has 2 amide bonds. The highest BCUT2D eigenvalue weighted by Crippen LogP contribution is 2.32. The standard InChI is InChI=1S/C28H31N3O8S/c1-3-36-23-12-6-19(16-25(23)37-4-2)28(33)29-18-27(32)30-20-7-9-21(10-8-20)31-40(34,35)22-11-13-24-26(17-22)39-15-5-14-38-24/h6-13,16-17,31H,3-5,14-15,18H2,1-2H3,(H,29,33)(H,30,32). The fourth-order valence-corrected chi connectivity index (χ4v) is 4.88. The van der Waals surface area contributed by atoms with Crippen molar-refractivity contribution < 1.29 is 37.0 Å². The zero-order valence-corrected chi connectivity index (χ0v) is 23.0. The van der Waals surface area contributed by atoms with Crippen molar-refractivity contribution in [2.45, 2.75) is 25.2 Å². The van der Waals surface area contributed by atoms with Crippen molar-refractivity contribution in [2.24, 2.45) is 0 Å². The van der Waals surface area contributed by atoms with E-state index in [1.165, 1.54) is 24.3 Å². The van der Waals surface area contributed by atoms with Crippen molar-refractivity contribution in [3.63, 3.8) is 0 Å². The molecule has 3 aromatic rings. The molecule has 40 heavy (non-hydrogen) atoms. The summed E-state index contributed by atoms with van der Waals surface area (Å²) >= 11 is 0. The zero-order valence-electron chi connectivity index (χ0n) is 22.2. The van der Waals surface area contributed by atoms with Gasteiger partial charge in [-0.2, -0.15) is 0 Å². The van der Waals surface area contributed by atoms with Crippen LogP contribution >= 0.6 is 0 Å². The molecule has 0 unspecified atom stereocenters. The highest BCUT2D eigenvalue weighted by molar-refractivity contribution is 7.92. The third-order valence-electron chi connectivity index (χ3n) is 5.67. The van der Waals surface area contributed by atoms with Gasteiger partial charge in [-0.05, 0) is 68.4 Å². The summed E-state index contributed by atoms with van der Waals surface area (Å²) in [6, 6.07) is 15.4. The Bertz CT molecular complexity index is 1460. The quantitative estimate of drug-likeness (QED) is 0.317. The Balaban J connectivity index is 1.31. The van der Waals surface area contributed by atoms with Crippen LogP contribution in [-0.2, 0) is 14.8 Å². The third-order valence-corrected chi connectivity index (χ3v) is 7.04. The average Bonchev–Trinajstić information content (AvgIpc) is 3.19. The normalized spacial score (nSPS) is 12.6. The average molecular weight is 570 g/mol. The maximum Gasteiger partial charge on any atom is 0.262 e. The minimum atomic E-state index is -3.89. The molecule has 1 heterocycles. The topological polar surface area (TPSA) is 141 Å². The molecule has 0 atom stereocenters. The number of fused-ring (bicyclic) bond motifs is 1. The van der Waals surface area contributed by atoms with Crippen LogP contribution < -0.4 is 34.3 Å². The van der Waals surface area contributed by atoms with Gasteiger partial charge in [-0.25, -0.2) is 8.42 Å². The zero-order chi connectivity index (χ0) is 28.5. The minimum absolute atomic E-state index is 0.0331. The summed E-state index contributed by atoms with van der Waals surface area (Å²) in [6.07, 6.45) is 0.711. The summed E-state index contributed by atoms with van der Waals surface area (Å²) in [5.74, 6) is 0.960. The van der Waals surface area contributed by atoms with Crippen LogP contribution in [0.1, 0.15) is 30.6 Å². The first-order chi connectivity index (χ1) is 19.3. The lowest BCUT2D eigenvalue weighted by Gasteiger charge is -2.13. The van der Waals surface area contributed by atoms with Gasteiger partial charge in [0.25, 0.3) is 15.9 Å². The van der Waals surface area contributed by atoms with Gasteiger partial charge in [0.05, 0.1) is 37.9 Å². The lowest BCUT2D eigenvalue weighted by molar-refractivity contribution is -0.115. The molecule has 0 fully saturated rings. The maximum absolute atomic E-state index is 12.9. The summed E-state index contributed by atoms with van der Waals surface area (Å²) < 4.78 is 50.4. The van der Waals surface area contributed by atoms with E-state index in [2.05, 4.69) is 15.4 Å². The predicted octanol–water partition coefficient (Wildman–Crippen LogP) is 3.81. The van der Waals surface area contributed by atoms with E-state index in [4.69, 9.17) is 18.9 Å². The smallest absolute Gasteiger partial charge is 0.262 e. The molecule has 12 heteroatoms. The third kappa shape index (κ3) is 7.35. The van der Waals surface area contributed by atoms with E-state index in [-0.39, 0.29) is 11.4 Å². The lowest BCUT2D eigenvalue weighted by atomic mass is 10.2.